The maximum absolute atomic E-state index is 12.0. The highest BCUT2D eigenvalue weighted by molar-refractivity contribution is 5.75. The Morgan fingerprint density at radius 2 is 1.91 bits per heavy atom. The third kappa shape index (κ3) is 7.18. The number of carbonyl (C=O) groups is 1. The number of hydrogen-bond donors (Lipinski definition) is 0. The highest BCUT2D eigenvalue weighted by Gasteiger charge is 2.20. The van der Waals surface area contributed by atoms with Gasteiger partial charge in [-0.15, -0.1) is 0 Å². The SMILES string of the molecule is CCOC(=O)C(Cc1ccc(OCCN2CC=C(c3ccccc3C#N)CC2)cc1)OCC. The van der Waals surface area contributed by atoms with Gasteiger partial charge >= 0.3 is 5.97 Å². The van der Waals surface area contributed by atoms with Crippen molar-refractivity contribution in [2.45, 2.75) is 32.8 Å². The van der Waals surface area contributed by atoms with Crippen LogP contribution in [0.1, 0.15) is 37.0 Å². The van der Waals surface area contributed by atoms with Crippen LogP contribution >= 0.6 is 0 Å². The molecule has 174 valence electrons. The minimum atomic E-state index is -0.584. The van der Waals surface area contributed by atoms with Gasteiger partial charge in [0.05, 0.1) is 18.2 Å². The minimum Gasteiger partial charge on any atom is -0.492 e. The van der Waals surface area contributed by atoms with Gasteiger partial charge in [-0.05, 0) is 55.2 Å². The van der Waals surface area contributed by atoms with Crippen molar-refractivity contribution in [1.82, 2.24) is 4.90 Å². The lowest BCUT2D eigenvalue weighted by Crippen LogP contribution is -2.32. The van der Waals surface area contributed by atoms with Gasteiger partial charge in [0.15, 0.2) is 6.10 Å². The first-order chi connectivity index (χ1) is 16.1. The summed E-state index contributed by atoms with van der Waals surface area (Å²) in [5, 5.41) is 9.32. The lowest BCUT2D eigenvalue weighted by Gasteiger charge is -2.26. The fourth-order valence-corrected chi connectivity index (χ4v) is 3.89. The van der Waals surface area contributed by atoms with E-state index in [2.05, 4.69) is 17.0 Å². The molecule has 1 unspecified atom stereocenters. The molecule has 0 saturated heterocycles. The molecule has 1 aliphatic rings. The summed E-state index contributed by atoms with van der Waals surface area (Å²) in [6.45, 7) is 7.69. The van der Waals surface area contributed by atoms with Crippen molar-refractivity contribution in [3.05, 3.63) is 71.3 Å². The molecule has 2 aromatic carbocycles. The first kappa shape index (κ1) is 24.5. The molecule has 0 amide bonds. The molecule has 3 rings (SSSR count). The molecule has 0 fully saturated rings. The van der Waals surface area contributed by atoms with Gasteiger partial charge in [-0.25, -0.2) is 4.79 Å². The molecule has 0 N–H and O–H groups in total. The van der Waals surface area contributed by atoms with Gasteiger partial charge in [0.25, 0.3) is 0 Å². The minimum absolute atomic E-state index is 0.325. The van der Waals surface area contributed by atoms with Crippen LogP contribution in [-0.4, -0.2) is 56.4 Å². The second-order valence-corrected chi connectivity index (χ2v) is 7.83. The normalized spacial score (nSPS) is 14.8. The molecule has 0 spiro atoms. The van der Waals surface area contributed by atoms with Gasteiger partial charge in [0.2, 0.25) is 0 Å². The topological polar surface area (TPSA) is 71.8 Å². The van der Waals surface area contributed by atoms with Gasteiger partial charge in [0.1, 0.15) is 12.4 Å². The number of rotatable bonds is 11. The Kier molecular flexibility index (Phi) is 9.49. The lowest BCUT2D eigenvalue weighted by molar-refractivity contribution is -0.156. The van der Waals surface area contributed by atoms with E-state index in [0.717, 1.165) is 48.5 Å². The molecule has 1 aliphatic heterocycles. The van der Waals surface area contributed by atoms with Gasteiger partial charge in [-0.1, -0.05) is 36.4 Å². The van der Waals surface area contributed by atoms with E-state index < -0.39 is 6.10 Å². The van der Waals surface area contributed by atoms with E-state index in [0.29, 0.717) is 26.2 Å². The van der Waals surface area contributed by atoms with Crippen molar-refractivity contribution in [1.29, 1.82) is 5.26 Å². The largest absolute Gasteiger partial charge is 0.492 e. The number of benzene rings is 2. The Balaban J connectivity index is 1.45. The maximum Gasteiger partial charge on any atom is 0.335 e. The second-order valence-electron chi connectivity index (χ2n) is 7.83. The van der Waals surface area contributed by atoms with E-state index in [9.17, 15) is 10.1 Å². The standard InChI is InChI=1S/C27H32N2O4/c1-3-31-26(27(30)32-4-2)19-21-9-11-24(12-10-21)33-18-17-29-15-13-22(14-16-29)25-8-6-5-7-23(25)20-28/h5-13,26H,3-4,14-19H2,1-2H3. The fourth-order valence-electron chi connectivity index (χ4n) is 3.89. The quantitative estimate of drug-likeness (QED) is 0.479. The van der Waals surface area contributed by atoms with E-state index in [1.807, 2.05) is 55.5 Å². The second kappa shape index (κ2) is 12.8. The van der Waals surface area contributed by atoms with Crippen molar-refractivity contribution in [2.75, 3.05) is 39.5 Å². The van der Waals surface area contributed by atoms with Crippen molar-refractivity contribution in [3.63, 3.8) is 0 Å². The number of esters is 1. The van der Waals surface area contributed by atoms with Crippen LogP contribution in [0.15, 0.2) is 54.6 Å². The number of nitrogens with zero attached hydrogens (tertiary/aromatic N) is 2. The molecule has 33 heavy (non-hydrogen) atoms. The van der Waals surface area contributed by atoms with E-state index in [1.165, 1.54) is 5.57 Å². The predicted octanol–water partition coefficient (Wildman–Crippen LogP) is 4.24. The highest BCUT2D eigenvalue weighted by Crippen LogP contribution is 2.25. The van der Waals surface area contributed by atoms with Gasteiger partial charge < -0.3 is 14.2 Å². The zero-order chi connectivity index (χ0) is 23.5. The van der Waals surface area contributed by atoms with Crippen molar-refractivity contribution in [3.8, 4) is 11.8 Å². The molecule has 0 saturated carbocycles. The first-order valence-electron chi connectivity index (χ1n) is 11.6. The van der Waals surface area contributed by atoms with Crippen LogP contribution in [0.2, 0.25) is 0 Å². The number of nitriles is 1. The first-order valence-corrected chi connectivity index (χ1v) is 11.6. The summed E-state index contributed by atoms with van der Waals surface area (Å²) in [5.41, 5.74) is 4.03. The third-order valence-corrected chi connectivity index (χ3v) is 5.62. The average Bonchev–Trinajstić information content (AvgIpc) is 2.85. The number of carbonyl (C=O) groups excluding carboxylic acids is 1. The zero-order valence-corrected chi connectivity index (χ0v) is 19.5. The lowest BCUT2D eigenvalue weighted by atomic mass is 9.95. The molecule has 0 radical (unpaired) electrons. The predicted molar refractivity (Wildman–Crippen MR) is 128 cm³/mol. The van der Waals surface area contributed by atoms with Crippen molar-refractivity contribution < 1.29 is 19.0 Å². The van der Waals surface area contributed by atoms with Crippen LogP contribution in [0.3, 0.4) is 0 Å². The summed E-state index contributed by atoms with van der Waals surface area (Å²) in [6.07, 6.45) is 3.03. The maximum atomic E-state index is 12.0. The molecule has 6 nitrogen and oxygen atoms in total. The van der Waals surface area contributed by atoms with E-state index in [4.69, 9.17) is 14.2 Å². The summed E-state index contributed by atoms with van der Waals surface area (Å²) < 4.78 is 16.6. The Morgan fingerprint density at radius 1 is 1.12 bits per heavy atom. The van der Waals surface area contributed by atoms with Crippen LogP contribution in [0.25, 0.3) is 5.57 Å². The summed E-state index contributed by atoms with van der Waals surface area (Å²) in [5.74, 6) is 0.480. The summed E-state index contributed by atoms with van der Waals surface area (Å²) in [4.78, 5) is 14.4. The van der Waals surface area contributed by atoms with Gasteiger partial charge in [-0.2, -0.15) is 5.26 Å². The molecular formula is C27H32N2O4. The fraction of sp³-hybridized carbons (Fsp3) is 0.407. The average molecular weight is 449 g/mol. The van der Waals surface area contributed by atoms with Crippen LogP contribution in [-0.2, 0) is 20.7 Å². The zero-order valence-electron chi connectivity index (χ0n) is 19.5. The van der Waals surface area contributed by atoms with E-state index >= 15 is 0 Å². The van der Waals surface area contributed by atoms with Crippen LogP contribution < -0.4 is 4.74 Å². The van der Waals surface area contributed by atoms with E-state index in [-0.39, 0.29) is 5.97 Å². The number of ether oxygens (including phenoxy) is 3. The molecule has 1 atom stereocenters. The van der Waals surface area contributed by atoms with E-state index in [1.54, 1.807) is 6.92 Å². The molecular weight excluding hydrogens is 416 g/mol. The molecule has 0 bridgehead atoms. The highest BCUT2D eigenvalue weighted by atomic mass is 16.6. The summed E-state index contributed by atoms with van der Waals surface area (Å²) in [7, 11) is 0. The molecule has 0 aliphatic carbocycles. The van der Waals surface area contributed by atoms with Gasteiger partial charge in [0, 0.05) is 32.7 Å². The summed E-state index contributed by atoms with van der Waals surface area (Å²) in [6, 6.07) is 17.8. The van der Waals surface area contributed by atoms with Crippen molar-refractivity contribution >= 4 is 11.5 Å². The van der Waals surface area contributed by atoms with Crippen LogP contribution in [0, 0.1) is 11.3 Å². The van der Waals surface area contributed by atoms with Crippen LogP contribution in [0.5, 0.6) is 5.75 Å². The molecule has 1 heterocycles. The Bertz CT molecular complexity index is 978. The van der Waals surface area contributed by atoms with Crippen molar-refractivity contribution in [2.24, 2.45) is 0 Å². The molecule has 6 heteroatoms. The number of hydrogen-bond acceptors (Lipinski definition) is 6. The summed E-state index contributed by atoms with van der Waals surface area (Å²) >= 11 is 0. The Morgan fingerprint density at radius 3 is 2.58 bits per heavy atom. The Hall–Kier alpha value is -3.14. The monoisotopic (exact) mass is 448 g/mol. The van der Waals surface area contributed by atoms with Crippen LogP contribution in [0.4, 0.5) is 0 Å². The third-order valence-electron chi connectivity index (χ3n) is 5.62. The molecule has 2 aromatic rings. The smallest absolute Gasteiger partial charge is 0.335 e. The molecule has 0 aromatic heterocycles. The van der Waals surface area contributed by atoms with Gasteiger partial charge in [-0.3, -0.25) is 4.90 Å². The Labute approximate surface area is 196 Å².